The zero-order valence-electron chi connectivity index (χ0n) is 14.5. The molecule has 0 unspecified atom stereocenters. The molecule has 3 aromatic rings. The fraction of sp³-hybridized carbons (Fsp3) is 0.300. The van der Waals surface area contributed by atoms with E-state index in [2.05, 4.69) is 4.98 Å². The van der Waals surface area contributed by atoms with Gasteiger partial charge in [0.2, 0.25) is 0 Å². The van der Waals surface area contributed by atoms with Crippen LogP contribution in [0.1, 0.15) is 5.56 Å². The van der Waals surface area contributed by atoms with Crippen LogP contribution in [0.2, 0.25) is 0 Å². The SMILES string of the molecule is O=C1O[C@@H]2CN(c3nc4ccccc4o3)C[C@@H]2N1CCc1ccc(F)cc1. The van der Waals surface area contributed by atoms with Gasteiger partial charge in [0, 0.05) is 13.1 Å². The number of oxazole rings is 1. The number of hydrogen-bond donors (Lipinski definition) is 0. The minimum absolute atomic E-state index is 0.0343. The van der Waals surface area contributed by atoms with E-state index >= 15 is 0 Å². The summed E-state index contributed by atoms with van der Waals surface area (Å²) in [4.78, 5) is 20.5. The van der Waals surface area contributed by atoms with Gasteiger partial charge in [-0.3, -0.25) is 4.90 Å². The number of anilines is 1. The summed E-state index contributed by atoms with van der Waals surface area (Å²) < 4.78 is 24.4. The Labute approximate surface area is 155 Å². The van der Waals surface area contributed by atoms with Gasteiger partial charge in [-0.1, -0.05) is 24.3 Å². The van der Waals surface area contributed by atoms with E-state index in [0.29, 0.717) is 32.1 Å². The molecule has 0 bridgehead atoms. The summed E-state index contributed by atoms with van der Waals surface area (Å²) >= 11 is 0. The molecule has 0 spiro atoms. The Balaban J connectivity index is 1.29. The number of para-hydroxylation sites is 2. The van der Waals surface area contributed by atoms with E-state index in [1.165, 1.54) is 12.1 Å². The second kappa shape index (κ2) is 6.26. The monoisotopic (exact) mass is 367 g/mol. The molecule has 3 heterocycles. The maximum atomic E-state index is 13.0. The Bertz CT molecular complexity index is 955. The van der Waals surface area contributed by atoms with Gasteiger partial charge in [-0.25, -0.2) is 9.18 Å². The van der Waals surface area contributed by atoms with Crippen molar-refractivity contribution >= 4 is 23.2 Å². The first-order valence-electron chi connectivity index (χ1n) is 8.99. The summed E-state index contributed by atoms with van der Waals surface area (Å²) in [6, 6.07) is 14.5. The molecule has 0 aliphatic carbocycles. The number of carbonyl (C=O) groups is 1. The first-order chi connectivity index (χ1) is 13.2. The van der Waals surface area contributed by atoms with E-state index in [9.17, 15) is 9.18 Å². The molecular weight excluding hydrogens is 349 g/mol. The molecule has 1 aromatic heterocycles. The molecular formula is C20H18FN3O3. The standard InChI is InChI=1S/C20H18FN3O3/c21-14-7-5-13(6-8-14)9-10-24-16-11-23(12-18(16)27-20(24)25)19-22-15-3-1-2-4-17(15)26-19/h1-8,16,18H,9-12H2/t16-,18+/m0/s1. The van der Waals surface area contributed by atoms with Crippen molar-refractivity contribution in [1.29, 1.82) is 0 Å². The Kier molecular flexibility index (Phi) is 3.74. The van der Waals surface area contributed by atoms with E-state index < -0.39 is 0 Å². The van der Waals surface area contributed by atoms with Crippen LogP contribution in [0.5, 0.6) is 0 Å². The third kappa shape index (κ3) is 2.89. The van der Waals surface area contributed by atoms with Gasteiger partial charge < -0.3 is 14.1 Å². The number of nitrogens with zero attached hydrogens (tertiary/aromatic N) is 3. The molecule has 2 aliphatic heterocycles. The molecule has 2 fully saturated rings. The van der Waals surface area contributed by atoms with Crippen LogP contribution in [0.3, 0.4) is 0 Å². The first-order valence-corrected chi connectivity index (χ1v) is 8.99. The van der Waals surface area contributed by atoms with E-state index in [1.807, 2.05) is 29.2 Å². The Morgan fingerprint density at radius 2 is 1.93 bits per heavy atom. The zero-order chi connectivity index (χ0) is 18.4. The number of amides is 1. The van der Waals surface area contributed by atoms with Gasteiger partial charge in [0.15, 0.2) is 5.58 Å². The molecule has 2 aromatic carbocycles. The topological polar surface area (TPSA) is 58.8 Å². The second-order valence-corrected chi connectivity index (χ2v) is 6.93. The van der Waals surface area contributed by atoms with Crippen molar-refractivity contribution in [2.75, 3.05) is 24.5 Å². The maximum absolute atomic E-state index is 13.0. The van der Waals surface area contributed by atoms with Gasteiger partial charge in [-0.2, -0.15) is 4.98 Å². The van der Waals surface area contributed by atoms with Crippen LogP contribution >= 0.6 is 0 Å². The van der Waals surface area contributed by atoms with Gasteiger partial charge in [-0.15, -0.1) is 0 Å². The summed E-state index contributed by atoms with van der Waals surface area (Å²) in [6.07, 6.45) is 0.173. The van der Waals surface area contributed by atoms with Gasteiger partial charge in [-0.05, 0) is 36.2 Å². The van der Waals surface area contributed by atoms with Crippen molar-refractivity contribution in [3.05, 3.63) is 59.9 Å². The Morgan fingerprint density at radius 1 is 1.11 bits per heavy atom. The highest BCUT2D eigenvalue weighted by molar-refractivity contribution is 5.75. The summed E-state index contributed by atoms with van der Waals surface area (Å²) in [7, 11) is 0. The predicted octanol–water partition coefficient (Wildman–Crippen LogP) is 3.22. The van der Waals surface area contributed by atoms with Crippen LogP contribution in [0.4, 0.5) is 15.2 Å². The van der Waals surface area contributed by atoms with Crippen molar-refractivity contribution in [2.24, 2.45) is 0 Å². The summed E-state index contributed by atoms with van der Waals surface area (Å²) in [5, 5.41) is 0. The van der Waals surface area contributed by atoms with Gasteiger partial charge in [0.25, 0.3) is 6.01 Å². The predicted molar refractivity (Wildman–Crippen MR) is 97.1 cm³/mol. The van der Waals surface area contributed by atoms with Gasteiger partial charge >= 0.3 is 6.09 Å². The molecule has 0 N–H and O–H groups in total. The highest BCUT2D eigenvalue weighted by Crippen LogP contribution is 2.31. The third-order valence-corrected chi connectivity index (χ3v) is 5.23. The molecule has 5 rings (SSSR count). The minimum Gasteiger partial charge on any atom is -0.442 e. The number of benzene rings is 2. The number of carbonyl (C=O) groups excluding carboxylic acids is 1. The van der Waals surface area contributed by atoms with Crippen LogP contribution in [-0.2, 0) is 11.2 Å². The summed E-state index contributed by atoms with van der Waals surface area (Å²) in [5.41, 5.74) is 2.55. The van der Waals surface area contributed by atoms with Crippen LogP contribution in [0.25, 0.3) is 11.1 Å². The quantitative estimate of drug-likeness (QED) is 0.709. The lowest BCUT2D eigenvalue weighted by Gasteiger charge is -2.21. The molecule has 2 atom stereocenters. The minimum atomic E-state index is -0.288. The van der Waals surface area contributed by atoms with Crippen molar-refractivity contribution in [3.8, 4) is 0 Å². The normalized spacial score (nSPS) is 21.7. The van der Waals surface area contributed by atoms with Crippen LogP contribution in [0, 0.1) is 5.82 Å². The number of fused-ring (bicyclic) bond motifs is 2. The van der Waals surface area contributed by atoms with Crippen molar-refractivity contribution in [1.82, 2.24) is 9.88 Å². The smallest absolute Gasteiger partial charge is 0.410 e. The van der Waals surface area contributed by atoms with E-state index in [1.54, 1.807) is 17.0 Å². The zero-order valence-corrected chi connectivity index (χ0v) is 14.5. The first kappa shape index (κ1) is 16.1. The number of rotatable bonds is 4. The second-order valence-electron chi connectivity index (χ2n) is 6.93. The Morgan fingerprint density at radius 3 is 2.74 bits per heavy atom. The van der Waals surface area contributed by atoms with E-state index in [4.69, 9.17) is 9.15 Å². The third-order valence-electron chi connectivity index (χ3n) is 5.23. The van der Waals surface area contributed by atoms with Gasteiger partial charge in [0.1, 0.15) is 17.4 Å². The highest BCUT2D eigenvalue weighted by atomic mass is 19.1. The van der Waals surface area contributed by atoms with Crippen LogP contribution in [0.15, 0.2) is 52.9 Å². The molecule has 1 amide bonds. The molecule has 2 saturated heterocycles. The molecule has 2 aliphatic rings. The molecule has 138 valence electrons. The lowest BCUT2D eigenvalue weighted by molar-refractivity contribution is 0.135. The maximum Gasteiger partial charge on any atom is 0.410 e. The fourth-order valence-corrected chi connectivity index (χ4v) is 3.81. The average molecular weight is 367 g/mol. The molecule has 6 nitrogen and oxygen atoms in total. The number of ether oxygens (including phenoxy) is 1. The van der Waals surface area contributed by atoms with Crippen molar-refractivity contribution in [2.45, 2.75) is 18.6 Å². The highest BCUT2D eigenvalue weighted by Gasteiger charge is 2.48. The fourth-order valence-electron chi connectivity index (χ4n) is 3.81. The van der Waals surface area contributed by atoms with E-state index in [0.717, 1.165) is 16.7 Å². The number of aromatic nitrogens is 1. The molecule has 7 heteroatoms. The summed E-state index contributed by atoms with van der Waals surface area (Å²) in [5.74, 6) is -0.260. The lowest BCUT2D eigenvalue weighted by Crippen LogP contribution is -2.39. The number of halogens is 1. The van der Waals surface area contributed by atoms with Crippen LogP contribution in [-0.4, -0.2) is 47.8 Å². The lowest BCUT2D eigenvalue weighted by atomic mass is 10.1. The Hall–Kier alpha value is -3.09. The van der Waals surface area contributed by atoms with Crippen LogP contribution < -0.4 is 4.90 Å². The average Bonchev–Trinajstić information content (AvgIpc) is 3.34. The largest absolute Gasteiger partial charge is 0.442 e. The molecule has 27 heavy (non-hydrogen) atoms. The molecule has 0 radical (unpaired) electrons. The van der Waals surface area contributed by atoms with E-state index in [-0.39, 0.29) is 24.1 Å². The van der Waals surface area contributed by atoms with Crippen molar-refractivity contribution in [3.63, 3.8) is 0 Å². The molecule has 0 saturated carbocycles. The number of hydrogen-bond acceptors (Lipinski definition) is 5. The van der Waals surface area contributed by atoms with Crippen molar-refractivity contribution < 1.29 is 18.3 Å². The van der Waals surface area contributed by atoms with Gasteiger partial charge in [0.05, 0.1) is 12.6 Å². The summed E-state index contributed by atoms with van der Waals surface area (Å²) in [6.45, 7) is 1.72.